The molecule has 9 heteroatoms. The van der Waals surface area contributed by atoms with Crippen LogP contribution in [0.25, 0.3) is 0 Å². The first-order valence-corrected chi connectivity index (χ1v) is 11.9. The van der Waals surface area contributed by atoms with Crippen molar-refractivity contribution in [3.05, 3.63) is 44.9 Å². The lowest BCUT2D eigenvalue weighted by molar-refractivity contribution is -0.148. The van der Waals surface area contributed by atoms with Crippen molar-refractivity contribution >= 4 is 29.0 Å². The van der Waals surface area contributed by atoms with Gasteiger partial charge in [0, 0.05) is 16.7 Å². The quantitative estimate of drug-likeness (QED) is 0.208. The predicted octanol–water partition coefficient (Wildman–Crippen LogP) is 4.90. The van der Waals surface area contributed by atoms with E-state index in [9.17, 15) is 9.59 Å². The van der Waals surface area contributed by atoms with Gasteiger partial charge in [0.2, 0.25) is 0 Å². The molecule has 2 rings (SSSR count). The van der Waals surface area contributed by atoms with E-state index in [2.05, 4.69) is 29.8 Å². The molecule has 178 valence electrons. The molecular weight excluding hydrogens is 477 g/mol. The molecule has 1 aromatic rings. The molecular formula is C23H35BBrNO6. The van der Waals surface area contributed by atoms with E-state index in [0.29, 0.717) is 25.2 Å². The second kappa shape index (κ2) is 11.0. The lowest BCUT2D eigenvalue weighted by Crippen LogP contribution is -2.45. The number of carbonyl (C=O) groups excluding carboxylic acids is 1. The third-order valence-electron chi connectivity index (χ3n) is 6.20. The molecule has 1 saturated heterocycles. The van der Waals surface area contributed by atoms with Crippen molar-refractivity contribution in [3.63, 3.8) is 0 Å². The number of aromatic nitrogens is 1. The smallest absolute Gasteiger partial charge is 0.490 e. The average molecular weight is 512 g/mol. The average Bonchev–Trinajstić information content (AvgIpc) is 2.91. The topological polar surface area (TPSA) is 87.0 Å². The van der Waals surface area contributed by atoms with Crippen molar-refractivity contribution < 1.29 is 23.9 Å². The minimum Gasteiger partial charge on any atom is -0.517 e. The maximum atomic E-state index is 13.0. The molecule has 1 aliphatic heterocycles. The second-order valence-corrected chi connectivity index (χ2v) is 10.3. The Morgan fingerprint density at radius 3 is 2.62 bits per heavy atom. The number of ether oxygens (including phenoxy) is 1. The van der Waals surface area contributed by atoms with E-state index in [-0.39, 0.29) is 12.2 Å². The summed E-state index contributed by atoms with van der Waals surface area (Å²) in [4.78, 5) is 25.5. The fourth-order valence-electron chi connectivity index (χ4n) is 3.75. The number of hydrogen-bond donors (Lipinski definition) is 1. The standard InChI is InChI=1S/C23H35BBrNO6/c1-16(2)8-9-19(26-15-18(25)17(3)14-20(26)28)21(29)30-13-7-10-23(6)22(4,5)31-24(32-23)11-12-27/h11-12,14-16,19,27H,7-10,13H2,1-6H3/b12-11+. The van der Waals surface area contributed by atoms with Gasteiger partial charge in [-0.3, -0.25) is 4.79 Å². The summed E-state index contributed by atoms with van der Waals surface area (Å²) in [5, 5.41) is 8.99. The van der Waals surface area contributed by atoms with Gasteiger partial charge < -0.3 is 23.7 Å². The van der Waals surface area contributed by atoms with Crippen LogP contribution < -0.4 is 5.56 Å². The summed E-state index contributed by atoms with van der Waals surface area (Å²) in [5.41, 5.74) is -0.557. The minimum absolute atomic E-state index is 0.217. The van der Waals surface area contributed by atoms with Crippen molar-refractivity contribution in [2.24, 2.45) is 5.92 Å². The molecule has 1 aromatic heterocycles. The van der Waals surface area contributed by atoms with Crippen molar-refractivity contribution in [2.75, 3.05) is 6.61 Å². The van der Waals surface area contributed by atoms with Crippen LogP contribution in [0.5, 0.6) is 0 Å². The fourth-order valence-corrected chi connectivity index (χ4v) is 4.08. The second-order valence-electron chi connectivity index (χ2n) is 9.49. The third-order valence-corrected chi connectivity index (χ3v) is 7.03. The molecule has 0 bridgehead atoms. The van der Waals surface area contributed by atoms with Gasteiger partial charge in [-0.2, -0.15) is 0 Å². The van der Waals surface area contributed by atoms with Crippen LogP contribution in [0.2, 0.25) is 0 Å². The van der Waals surface area contributed by atoms with Gasteiger partial charge in [0.25, 0.3) is 5.56 Å². The molecule has 2 atom stereocenters. The normalized spacial score (nSPS) is 21.4. The molecule has 2 unspecified atom stereocenters. The molecule has 0 radical (unpaired) electrons. The number of nitrogens with zero attached hydrogens (tertiary/aromatic N) is 1. The fraction of sp³-hybridized carbons (Fsp3) is 0.652. The lowest BCUT2D eigenvalue weighted by atomic mass is 9.84. The first kappa shape index (κ1) is 26.7. The predicted molar refractivity (Wildman–Crippen MR) is 129 cm³/mol. The van der Waals surface area contributed by atoms with Gasteiger partial charge in [0.15, 0.2) is 0 Å². The highest BCUT2D eigenvalue weighted by Crippen LogP contribution is 2.40. The molecule has 32 heavy (non-hydrogen) atoms. The van der Waals surface area contributed by atoms with Crippen LogP contribution in [0.4, 0.5) is 0 Å². The van der Waals surface area contributed by atoms with Gasteiger partial charge in [-0.1, -0.05) is 13.8 Å². The summed E-state index contributed by atoms with van der Waals surface area (Å²) >= 11 is 3.45. The van der Waals surface area contributed by atoms with E-state index in [1.807, 2.05) is 27.7 Å². The maximum Gasteiger partial charge on any atom is 0.490 e. The van der Waals surface area contributed by atoms with E-state index in [0.717, 1.165) is 22.7 Å². The van der Waals surface area contributed by atoms with Gasteiger partial charge >= 0.3 is 13.1 Å². The molecule has 0 aliphatic carbocycles. The molecule has 0 amide bonds. The van der Waals surface area contributed by atoms with Crippen LogP contribution in [0, 0.1) is 12.8 Å². The monoisotopic (exact) mass is 511 g/mol. The van der Waals surface area contributed by atoms with E-state index < -0.39 is 30.3 Å². The zero-order valence-electron chi connectivity index (χ0n) is 19.9. The van der Waals surface area contributed by atoms with Gasteiger partial charge in [0.1, 0.15) is 6.04 Å². The molecule has 0 aromatic carbocycles. The number of aliphatic hydroxyl groups excluding tert-OH is 1. The van der Waals surface area contributed by atoms with Crippen molar-refractivity contribution in [3.8, 4) is 0 Å². The third kappa shape index (κ3) is 6.48. The highest BCUT2D eigenvalue weighted by Gasteiger charge is 2.52. The number of carbonyl (C=O) groups is 1. The highest BCUT2D eigenvalue weighted by molar-refractivity contribution is 9.10. The molecule has 0 saturated carbocycles. The molecule has 1 N–H and O–H groups in total. The lowest BCUT2D eigenvalue weighted by Gasteiger charge is -2.36. The van der Waals surface area contributed by atoms with Crippen LogP contribution >= 0.6 is 15.9 Å². The number of rotatable bonds is 10. The Kier molecular flexibility index (Phi) is 9.20. The molecule has 2 heterocycles. The highest BCUT2D eigenvalue weighted by atomic mass is 79.9. The summed E-state index contributed by atoms with van der Waals surface area (Å²) in [6.45, 7) is 12.1. The van der Waals surface area contributed by atoms with Crippen LogP contribution in [-0.4, -0.2) is 40.6 Å². The maximum absolute atomic E-state index is 13.0. The summed E-state index contributed by atoms with van der Waals surface area (Å²) in [5.74, 6) is 1.44. The summed E-state index contributed by atoms with van der Waals surface area (Å²) in [6.07, 6.45) is 5.10. The van der Waals surface area contributed by atoms with Crippen LogP contribution in [0.3, 0.4) is 0 Å². The zero-order chi connectivity index (χ0) is 24.1. The summed E-state index contributed by atoms with van der Waals surface area (Å²) < 4.78 is 19.7. The zero-order valence-corrected chi connectivity index (χ0v) is 21.5. The molecule has 0 spiro atoms. The van der Waals surface area contributed by atoms with E-state index >= 15 is 0 Å². The first-order chi connectivity index (χ1) is 14.9. The number of pyridine rings is 1. The van der Waals surface area contributed by atoms with Gasteiger partial charge in [-0.05, 0) is 86.8 Å². The Balaban J connectivity index is 2.03. The Hall–Kier alpha value is -1.58. The number of aliphatic hydroxyl groups is 1. The van der Waals surface area contributed by atoms with Crippen LogP contribution in [0.1, 0.15) is 71.9 Å². The number of aryl methyl sites for hydroxylation is 1. The van der Waals surface area contributed by atoms with Gasteiger partial charge in [0.05, 0.1) is 24.1 Å². The summed E-state index contributed by atoms with van der Waals surface area (Å²) in [7, 11) is -0.616. The Morgan fingerprint density at radius 1 is 1.31 bits per heavy atom. The van der Waals surface area contributed by atoms with Crippen molar-refractivity contribution in [2.45, 2.75) is 84.5 Å². The van der Waals surface area contributed by atoms with E-state index in [1.165, 1.54) is 16.6 Å². The number of esters is 1. The Labute approximate surface area is 199 Å². The van der Waals surface area contributed by atoms with Crippen LogP contribution in [-0.2, 0) is 18.8 Å². The van der Waals surface area contributed by atoms with Crippen LogP contribution in [0.15, 0.2) is 33.8 Å². The number of halogens is 1. The molecule has 1 aliphatic rings. The Bertz CT molecular complexity index is 884. The largest absolute Gasteiger partial charge is 0.517 e. The van der Waals surface area contributed by atoms with Crippen molar-refractivity contribution in [1.82, 2.24) is 4.57 Å². The molecule has 7 nitrogen and oxygen atoms in total. The SMILES string of the molecule is Cc1cc(=O)n(C(CCC(C)C)C(=O)OCCCC2(C)OB(/C=C/O)OC2(C)C)cc1Br. The number of hydrogen-bond acceptors (Lipinski definition) is 6. The van der Waals surface area contributed by atoms with Crippen molar-refractivity contribution in [1.29, 1.82) is 0 Å². The van der Waals surface area contributed by atoms with E-state index in [4.69, 9.17) is 19.2 Å². The summed E-state index contributed by atoms with van der Waals surface area (Å²) in [6, 6.07) is 0.858. The first-order valence-electron chi connectivity index (χ1n) is 11.1. The van der Waals surface area contributed by atoms with Gasteiger partial charge in [-0.25, -0.2) is 4.79 Å². The van der Waals surface area contributed by atoms with Gasteiger partial charge in [-0.15, -0.1) is 0 Å². The van der Waals surface area contributed by atoms with E-state index in [1.54, 1.807) is 6.20 Å². The Morgan fingerprint density at radius 2 is 2.00 bits per heavy atom. The molecule has 1 fully saturated rings. The minimum atomic E-state index is -0.668.